The van der Waals surface area contributed by atoms with Crippen molar-refractivity contribution in [3.05, 3.63) is 50.9 Å². The summed E-state index contributed by atoms with van der Waals surface area (Å²) in [5, 5.41) is 0. The van der Waals surface area contributed by atoms with E-state index in [0.29, 0.717) is 4.83 Å². The molecular weight excluding hydrogens is 338 g/mol. The molecule has 0 spiro atoms. The first kappa shape index (κ1) is 11.3. The highest BCUT2D eigenvalue weighted by molar-refractivity contribution is 9.10. The Morgan fingerprint density at radius 3 is 2.93 bits per heavy atom. The third kappa shape index (κ3) is 3.13. The van der Waals surface area contributed by atoms with Gasteiger partial charge in [0, 0.05) is 15.5 Å². The maximum absolute atomic E-state index is 4.08. The molecule has 0 aliphatic heterocycles. The summed E-state index contributed by atoms with van der Waals surface area (Å²) in [5.74, 6) is 0. The zero-order chi connectivity index (χ0) is 10.7. The molecule has 1 nitrogen and oxygen atoms in total. The molecule has 0 fully saturated rings. The topological polar surface area (TPSA) is 12.9 Å². The van der Waals surface area contributed by atoms with Gasteiger partial charge in [-0.1, -0.05) is 44.0 Å². The molecule has 15 heavy (non-hydrogen) atoms. The van der Waals surface area contributed by atoms with Crippen molar-refractivity contribution >= 4 is 43.2 Å². The fourth-order valence-corrected chi connectivity index (χ4v) is 3.21. The first-order valence-corrected chi connectivity index (χ1v) is 7.11. The van der Waals surface area contributed by atoms with E-state index in [2.05, 4.69) is 55.0 Å². The van der Waals surface area contributed by atoms with E-state index in [0.717, 1.165) is 10.9 Å². The number of benzene rings is 1. The van der Waals surface area contributed by atoms with Gasteiger partial charge in [0.25, 0.3) is 0 Å². The van der Waals surface area contributed by atoms with Crippen molar-refractivity contribution in [2.24, 2.45) is 0 Å². The molecule has 1 heterocycles. The van der Waals surface area contributed by atoms with Gasteiger partial charge in [0.15, 0.2) is 0 Å². The normalized spacial score (nSPS) is 12.7. The Bertz CT molecular complexity index is 428. The molecule has 4 heteroatoms. The van der Waals surface area contributed by atoms with Crippen LogP contribution in [-0.2, 0) is 6.42 Å². The lowest BCUT2D eigenvalue weighted by molar-refractivity contribution is 0.964. The van der Waals surface area contributed by atoms with E-state index >= 15 is 0 Å². The van der Waals surface area contributed by atoms with Gasteiger partial charge in [-0.05, 0) is 24.1 Å². The summed E-state index contributed by atoms with van der Waals surface area (Å²) in [4.78, 5) is 5.72. The first-order chi connectivity index (χ1) is 7.25. The van der Waals surface area contributed by atoms with E-state index < -0.39 is 0 Å². The average molecular weight is 347 g/mol. The van der Waals surface area contributed by atoms with Crippen molar-refractivity contribution in [1.29, 1.82) is 0 Å². The predicted octanol–water partition coefficient (Wildman–Crippen LogP) is 4.58. The maximum Gasteiger partial charge on any atom is 0.0794 e. The molecule has 0 aliphatic rings. The van der Waals surface area contributed by atoms with Gasteiger partial charge in [-0.15, -0.1) is 11.3 Å². The van der Waals surface area contributed by atoms with Gasteiger partial charge in [0.1, 0.15) is 0 Å². The molecule has 0 saturated heterocycles. The van der Waals surface area contributed by atoms with Crippen LogP contribution in [0.5, 0.6) is 0 Å². The van der Waals surface area contributed by atoms with Crippen LogP contribution in [0.1, 0.15) is 15.3 Å². The lowest BCUT2D eigenvalue weighted by Gasteiger charge is -2.07. The SMILES string of the molecule is Brc1cccc(CC(Br)c2cncs2)c1. The third-order valence-corrected chi connectivity index (χ3v) is 4.57. The molecular formula is C11H9Br2NS. The van der Waals surface area contributed by atoms with Crippen LogP contribution in [0.25, 0.3) is 0 Å². The van der Waals surface area contributed by atoms with Crippen molar-refractivity contribution in [2.75, 3.05) is 0 Å². The summed E-state index contributed by atoms with van der Waals surface area (Å²) < 4.78 is 1.13. The molecule has 0 N–H and O–H groups in total. The molecule has 0 saturated carbocycles. The minimum atomic E-state index is 0.360. The highest BCUT2D eigenvalue weighted by Gasteiger charge is 2.09. The van der Waals surface area contributed by atoms with E-state index in [1.165, 1.54) is 10.4 Å². The van der Waals surface area contributed by atoms with Crippen molar-refractivity contribution in [3.8, 4) is 0 Å². The Balaban J connectivity index is 2.09. The summed E-state index contributed by atoms with van der Waals surface area (Å²) in [6.07, 6.45) is 2.91. The molecule has 0 bridgehead atoms. The van der Waals surface area contributed by atoms with Crippen molar-refractivity contribution < 1.29 is 0 Å². The average Bonchev–Trinajstić information content (AvgIpc) is 2.70. The van der Waals surface area contributed by atoms with Crippen LogP contribution in [0.4, 0.5) is 0 Å². The van der Waals surface area contributed by atoms with Crippen LogP contribution in [0.2, 0.25) is 0 Å². The number of rotatable bonds is 3. The Morgan fingerprint density at radius 2 is 2.27 bits per heavy atom. The van der Waals surface area contributed by atoms with Gasteiger partial charge in [-0.3, -0.25) is 4.98 Å². The first-order valence-electron chi connectivity index (χ1n) is 4.52. The number of hydrogen-bond donors (Lipinski definition) is 0. The quantitative estimate of drug-likeness (QED) is 0.741. The number of nitrogens with zero attached hydrogens (tertiary/aromatic N) is 1. The molecule has 0 aliphatic carbocycles. The molecule has 2 aromatic rings. The molecule has 0 amide bonds. The highest BCUT2D eigenvalue weighted by atomic mass is 79.9. The lowest BCUT2D eigenvalue weighted by Crippen LogP contribution is -1.92. The lowest BCUT2D eigenvalue weighted by atomic mass is 10.1. The van der Waals surface area contributed by atoms with Gasteiger partial charge in [0.2, 0.25) is 0 Å². The fraction of sp³-hybridized carbons (Fsp3) is 0.182. The zero-order valence-electron chi connectivity index (χ0n) is 7.86. The van der Waals surface area contributed by atoms with Crippen LogP contribution in [0.3, 0.4) is 0 Å². The summed E-state index contributed by atoms with van der Waals surface area (Å²) in [6, 6.07) is 8.39. The van der Waals surface area contributed by atoms with Gasteiger partial charge < -0.3 is 0 Å². The molecule has 1 aromatic heterocycles. The van der Waals surface area contributed by atoms with Crippen molar-refractivity contribution in [3.63, 3.8) is 0 Å². The van der Waals surface area contributed by atoms with E-state index in [1.54, 1.807) is 11.3 Å². The second-order valence-electron chi connectivity index (χ2n) is 3.21. The number of aromatic nitrogens is 1. The standard InChI is InChI=1S/C11H9Br2NS/c12-9-3-1-2-8(4-9)5-10(13)11-6-14-7-15-11/h1-4,6-7,10H,5H2. The molecule has 0 radical (unpaired) electrons. The second-order valence-corrected chi connectivity index (χ2v) is 6.14. The minimum absolute atomic E-state index is 0.360. The van der Waals surface area contributed by atoms with Crippen LogP contribution in [-0.4, -0.2) is 4.98 Å². The summed E-state index contributed by atoms with van der Waals surface area (Å²) >= 11 is 8.84. The Morgan fingerprint density at radius 1 is 1.40 bits per heavy atom. The Labute approximate surface area is 110 Å². The zero-order valence-corrected chi connectivity index (χ0v) is 11.8. The van der Waals surface area contributed by atoms with E-state index in [9.17, 15) is 0 Å². The minimum Gasteiger partial charge on any atom is -0.253 e. The summed E-state index contributed by atoms with van der Waals surface area (Å²) in [5.41, 5.74) is 3.18. The summed E-state index contributed by atoms with van der Waals surface area (Å²) in [6.45, 7) is 0. The Hall–Kier alpha value is -0.190. The number of halogens is 2. The van der Waals surface area contributed by atoms with E-state index in [4.69, 9.17) is 0 Å². The largest absolute Gasteiger partial charge is 0.253 e. The van der Waals surface area contributed by atoms with Crippen molar-refractivity contribution in [1.82, 2.24) is 4.98 Å². The van der Waals surface area contributed by atoms with Gasteiger partial charge >= 0.3 is 0 Å². The van der Waals surface area contributed by atoms with Gasteiger partial charge in [-0.2, -0.15) is 0 Å². The monoisotopic (exact) mass is 345 g/mol. The van der Waals surface area contributed by atoms with Crippen molar-refractivity contribution in [2.45, 2.75) is 11.2 Å². The maximum atomic E-state index is 4.08. The van der Waals surface area contributed by atoms with Crippen LogP contribution in [0, 0.1) is 0 Å². The molecule has 78 valence electrons. The smallest absolute Gasteiger partial charge is 0.0794 e. The van der Waals surface area contributed by atoms with Gasteiger partial charge in [-0.25, -0.2) is 0 Å². The van der Waals surface area contributed by atoms with Crippen LogP contribution < -0.4 is 0 Å². The third-order valence-electron chi connectivity index (χ3n) is 2.06. The van der Waals surface area contributed by atoms with E-state index in [1.807, 2.05) is 17.8 Å². The molecule has 1 unspecified atom stereocenters. The number of thiazole rings is 1. The highest BCUT2D eigenvalue weighted by Crippen LogP contribution is 2.30. The molecule has 2 rings (SSSR count). The van der Waals surface area contributed by atoms with E-state index in [-0.39, 0.29) is 0 Å². The number of alkyl halides is 1. The van der Waals surface area contributed by atoms with Gasteiger partial charge in [0.05, 0.1) is 10.3 Å². The van der Waals surface area contributed by atoms with Crippen LogP contribution >= 0.6 is 43.2 Å². The predicted molar refractivity (Wildman–Crippen MR) is 71.6 cm³/mol. The van der Waals surface area contributed by atoms with Crippen LogP contribution in [0.15, 0.2) is 40.4 Å². The molecule has 1 atom stereocenters. The molecule has 1 aromatic carbocycles. The Kier molecular flexibility index (Phi) is 3.94. The summed E-state index contributed by atoms with van der Waals surface area (Å²) in [7, 11) is 0. The second kappa shape index (κ2) is 5.23. The fourth-order valence-electron chi connectivity index (χ4n) is 1.35. The number of hydrogen-bond acceptors (Lipinski definition) is 2.